The molecule has 3 aromatic rings. The Kier molecular flexibility index (Phi) is 7.03. The summed E-state index contributed by atoms with van der Waals surface area (Å²) >= 11 is 1.88. The number of benzene rings is 2. The number of amides is 2. The largest absolute Gasteiger partial charge is 0.416 e. The van der Waals surface area contributed by atoms with Crippen molar-refractivity contribution < 1.29 is 35.9 Å². The van der Waals surface area contributed by atoms with Crippen LogP contribution in [-0.2, 0) is 17.1 Å². The maximum Gasteiger partial charge on any atom is 0.416 e. The van der Waals surface area contributed by atoms with Crippen LogP contribution in [0.1, 0.15) is 21.5 Å². The van der Waals surface area contributed by atoms with E-state index >= 15 is 0 Å². The van der Waals surface area contributed by atoms with E-state index in [1.807, 2.05) is 0 Å². The number of rotatable bonds is 6. The van der Waals surface area contributed by atoms with Crippen molar-refractivity contribution in [2.45, 2.75) is 16.7 Å². The highest BCUT2D eigenvalue weighted by Gasteiger charge is 2.37. The second kappa shape index (κ2) is 9.43. The van der Waals surface area contributed by atoms with E-state index in [-0.39, 0.29) is 22.5 Å². The molecule has 174 valence electrons. The Bertz CT molecular complexity index is 1140. The van der Waals surface area contributed by atoms with Gasteiger partial charge in [0.05, 0.1) is 16.9 Å². The number of hydrogen-bond donors (Lipinski definition) is 2. The smallest absolute Gasteiger partial charge is 0.369 e. The summed E-state index contributed by atoms with van der Waals surface area (Å²) in [5, 5.41) is 2.43. The minimum atomic E-state index is -5.09. The third-order valence-corrected chi connectivity index (χ3v) is 6.21. The van der Waals surface area contributed by atoms with Crippen LogP contribution in [0.5, 0.6) is 0 Å². The molecule has 2 aromatic carbocycles. The monoisotopic (exact) mass is 505 g/mol. The van der Waals surface area contributed by atoms with Crippen LogP contribution in [0.2, 0.25) is 0 Å². The van der Waals surface area contributed by atoms with Gasteiger partial charge in [0.15, 0.2) is 4.34 Å². The van der Waals surface area contributed by atoms with Gasteiger partial charge in [-0.1, -0.05) is 53.4 Å². The number of nitrogens with two attached hydrogens (primary N) is 1. The lowest BCUT2D eigenvalue weighted by Crippen LogP contribution is -2.17. The highest BCUT2D eigenvalue weighted by Crippen LogP contribution is 2.39. The fraction of sp³-hybridized carbons (Fsp3) is 0.150. The molecule has 0 radical (unpaired) electrons. The lowest BCUT2D eigenvalue weighted by Gasteiger charge is -2.14. The molecular formula is C20H13F6N3O2S2. The van der Waals surface area contributed by atoms with Gasteiger partial charge in [0.1, 0.15) is 10.7 Å². The van der Waals surface area contributed by atoms with Gasteiger partial charge in [-0.25, -0.2) is 4.98 Å². The van der Waals surface area contributed by atoms with Crippen LogP contribution in [0.4, 0.5) is 31.3 Å². The molecular weight excluding hydrogens is 492 g/mol. The second-order valence-corrected chi connectivity index (χ2v) is 8.75. The van der Waals surface area contributed by atoms with Crippen LogP contribution in [0.3, 0.4) is 0 Å². The van der Waals surface area contributed by atoms with Gasteiger partial charge in [-0.15, -0.1) is 0 Å². The first-order valence-corrected chi connectivity index (χ1v) is 10.7. The lowest BCUT2D eigenvalue weighted by atomic mass is 10.0. The molecule has 33 heavy (non-hydrogen) atoms. The van der Waals surface area contributed by atoms with Crippen molar-refractivity contribution in [3.8, 4) is 11.3 Å². The van der Waals surface area contributed by atoms with E-state index in [1.165, 1.54) is 0 Å². The average molecular weight is 505 g/mol. The topological polar surface area (TPSA) is 85.1 Å². The Morgan fingerprint density at radius 3 is 2.06 bits per heavy atom. The molecule has 0 aliphatic heterocycles. The number of aromatic nitrogens is 1. The van der Waals surface area contributed by atoms with Gasteiger partial charge in [-0.2, -0.15) is 26.3 Å². The van der Waals surface area contributed by atoms with E-state index in [2.05, 4.69) is 10.3 Å². The molecule has 3 N–H and O–H groups in total. The molecule has 1 aromatic heterocycles. The third-order valence-electron chi connectivity index (χ3n) is 4.07. The summed E-state index contributed by atoms with van der Waals surface area (Å²) in [6.07, 6.45) is -10.2. The Morgan fingerprint density at radius 2 is 1.55 bits per heavy atom. The Labute approximate surface area is 191 Å². The van der Waals surface area contributed by atoms with Crippen LogP contribution in [0.15, 0.2) is 52.9 Å². The summed E-state index contributed by atoms with van der Waals surface area (Å²) in [6, 6.07) is 9.01. The van der Waals surface area contributed by atoms with Crippen molar-refractivity contribution in [3.63, 3.8) is 0 Å². The highest BCUT2D eigenvalue weighted by molar-refractivity contribution is 8.01. The zero-order valence-electron chi connectivity index (χ0n) is 16.3. The number of carbonyl (C=O) groups excluding carboxylic acids is 2. The number of halogens is 6. The molecule has 5 nitrogen and oxygen atoms in total. The summed E-state index contributed by atoms with van der Waals surface area (Å²) in [6.45, 7) is 0. The van der Waals surface area contributed by atoms with Crippen LogP contribution in [0.25, 0.3) is 11.3 Å². The van der Waals surface area contributed by atoms with Crippen LogP contribution in [0, 0.1) is 0 Å². The Balaban J connectivity index is 2.00. The molecule has 0 saturated carbocycles. The summed E-state index contributed by atoms with van der Waals surface area (Å²) in [4.78, 5) is 28.0. The maximum atomic E-state index is 13.1. The zero-order chi connectivity index (χ0) is 24.4. The zero-order valence-corrected chi connectivity index (χ0v) is 17.9. The number of carbonyl (C=O) groups is 2. The van der Waals surface area contributed by atoms with Gasteiger partial charge in [0.2, 0.25) is 5.91 Å². The Morgan fingerprint density at radius 1 is 0.970 bits per heavy atom. The van der Waals surface area contributed by atoms with Crippen molar-refractivity contribution in [2.24, 2.45) is 5.73 Å². The fourth-order valence-electron chi connectivity index (χ4n) is 2.63. The summed E-state index contributed by atoms with van der Waals surface area (Å²) in [5.41, 5.74) is 1.86. The molecule has 0 saturated heterocycles. The van der Waals surface area contributed by atoms with Crippen molar-refractivity contribution in [1.82, 2.24) is 4.98 Å². The van der Waals surface area contributed by atoms with E-state index < -0.39 is 40.9 Å². The highest BCUT2D eigenvalue weighted by atomic mass is 32.2. The van der Waals surface area contributed by atoms with E-state index in [0.29, 0.717) is 22.0 Å². The van der Waals surface area contributed by atoms with E-state index in [9.17, 15) is 35.9 Å². The fourth-order valence-corrected chi connectivity index (χ4v) is 4.43. The molecule has 0 unspecified atom stereocenters. The summed E-state index contributed by atoms with van der Waals surface area (Å²) < 4.78 is 79.0. The van der Waals surface area contributed by atoms with E-state index in [4.69, 9.17) is 5.73 Å². The number of nitrogens with zero attached hydrogens (tertiary/aromatic N) is 1. The molecule has 0 aliphatic carbocycles. The van der Waals surface area contributed by atoms with Gasteiger partial charge < -0.3 is 11.1 Å². The first-order valence-electron chi connectivity index (χ1n) is 8.93. The maximum absolute atomic E-state index is 13.1. The number of hydrogen-bond acceptors (Lipinski definition) is 5. The van der Waals surface area contributed by atoms with Gasteiger partial charge in [-0.3, -0.25) is 9.59 Å². The third kappa shape index (κ3) is 6.26. The molecule has 3 rings (SSSR count). The molecule has 1 heterocycles. The minimum Gasteiger partial charge on any atom is -0.369 e. The molecule has 0 bridgehead atoms. The first-order chi connectivity index (χ1) is 15.3. The summed E-state index contributed by atoms with van der Waals surface area (Å²) in [7, 11) is 0. The Hall–Kier alpha value is -3.06. The molecule has 13 heteroatoms. The van der Waals surface area contributed by atoms with Crippen molar-refractivity contribution in [1.29, 1.82) is 0 Å². The van der Waals surface area contributed by atoms with Gasteiger partial charge >= 0.3 is 12.4 Å². The number of nitrogens with one attached hydrogen (secondary N) is 1. The standard InChI is InChI=1S/C20H13F6N3O2S2/c21-19(22,23)12-6-11(7-13(8-12)20(24,25)26)16(31)29-17-15(10-4-2-1-3-5-10)28-18(33-17)32-9-14(27)30/h1-8H,9H2,(H2,27,30)(H,29,31). The SMILES string of the molecule is NC(=O)CSc1nc(-c2ccccc2)c(NC(=O)c2cc(C(F)(F)F)cc(C(F)(F)F)c2)s1. The predicted molar refractivity (Wildman–Crippen MR) is 112 cm³/mol. The van der Waals surface area contributed by atoms with E-state index in [0.717, 1.165) is 23.1 Å². The molecule has 2 amide bonds. The quantitative estimate of drug-likeness (QED) is 0.334. The molecule has 0 fully saturated rings. The number of anilines is 1. The minimum absolute atomic E-state index is 0.0581. The van der Waals surface area contributed by atoms with Crippen LogP contribution >= 0.6 is 23.1 Å². The van der Waals surface area contributed by atoms with Crippen molar-refractivity contribution in [3.05, 3.63) is 65.2 Å². The second-order valence-electron chi connectivity index (χ2n) is 6.53. The number of thioether (sulfide) groups is 1. The normalized spacial score (nSPS) is 11.9. The molecule has 0 atom stereocenters. The van der Waals surface area contributed by atoms with Crippen LogP contribution in [-0.4, -0.2) is 22.6 Å². The van der Waals surface area contributed by atoms with E-state index in [1.54, 1.807) is 30.3 Å². The molecule has 0 spiro atoms. The predicted octanol–water partition coefficient (Wildman–Crippen LogP) is 5.68. The van der Waals surface area contributed by atoms with Crippen molar-refractivity contribution in [2.75, 3.05) is 11.1 Å². The lowest BCUT2D eigenvalue weighted by molar-refractivity contribution is -0.143. The van der Waals surface area contributed by atoms with Crippen LogP contribution < -0.4 is 11.1 Å². The van der Waals surface area contributed by atoms with Gasteiger partial charge in [-0.05, 0) is 18.2 Å². The number of thiazole rings is 1. The van der Waals surface area contributed by atoms with Crippen molar-refractivity contribution >= 4 is 39.9 Å². The van der Waals surface area contributed by atoms with Gasteiger partial charge in [0, 0.05) is 11.1 Å². The summed E-state index contributed by atoms with van der Waals surface area (Å²) in [5.74, 6) is -1.91. The molecule has 0 aliphatic rings. The average Bonchev–Trinajstić information content (AvgIpc) is 3.14. The number of primary amides is 1. The number of alkyl halides is 6. The van der Waals surface area contributed by atoms with Gasteiger partial charge in [0.25, 0.3) is 5.91 Å². The first kappa shape index (κ1) is 24.6.